The molecule has 0 fully saturated rings. The third-order valence-corrected chi connectivity index (χ3v) is 8.69. The zero-order valence-electron chi connectivity index (χ0n) is 21.3. The third kappa shape index (κ3) is 3.41. The van der Waals surface area contributed by atoms with Crippen molar-refractivity contribution in [3.8, 4) is 50.5 Å². The average Bonchev–Trinajstić information content (AvgIpc) is 3.87. The molecule has 7 heterocycles. The molecule has 0 amide bonds. The van der Waals surface area contributed by atoms with Crippen LogP contribution in [0.2, 0.25) is 0 Å². The van der Waals surface area contributed by atoms with E-state index in [-0.39, 0.29) is 0 Å². The number of hydrogen-bond acceptors (Lipinski definition) is 11. The fourth-order valence-electron chi connectivity index (χ4n) is 5.34. The average molecular weight is 586 g/mol. The minimum absolute atomic E-state index is 0.502. The summed E-state index contributed by atoms with van der Waals surface area (Å²) < 4.78 is 18.7. The number of hydrogen-bond donors (Lipinski definition) is 1. The van der Waals surface area contributed by atoms with Gasteiger partial charge in [-0.25, -0.2) is 15.0 Å². The second-order valence-electron chi connectivity index (χ2n) is 9.41. The normalized spacial score (nSPS) is 11.8. The standard InChI is InChI=1S/C29H15N9O2S2/c1-2-9-19-15(5-1)13-20(42-19)23-22(16-6-3-7-18-24(16)35-36-40-18)25(17-8-4-12-39-17)32-27-26(23)38(21-14-41-37-34-21)29(33-27)28-30-10-11-31-28/h1-14H,(H,30,31). The molecule has 0 bridgehead atoms. The van der Waals surface area contributed by atoms with E-state index in [1.165, 1.54) is 11.5 Å². The van der Waals surface area contributed by atoms with E-state index >= 15 is 0 Å². The highest BCUT2D eigenvalue weighted by Gasteiger charge is 2.30. The number of aromatic amines is 1. The van der Waals surface area contributed by atoms with Crippen molar-refractivity contribution in [1.29, 1.82) is 0 Å². The van der Waals surface area contributed by atoms with Crippen molar-refractivity contribution in [1.82, 2.24) is 44.5 Å². The highest BCUT2D eigenvalue weighted by Crippen LogP contribution is 2.48. The van der Waals surface area contributed by atoms with Crippen LogP contribution in [-0.4, -0.2) is 44.5 Å². The molecule has 200 valence electrons. The number of thiophene rings is 1. The van der Waals surface area contributed by atoms with E-state index in [9.17, 15) is 0 Å². The molecule has 13 heteroatoms. The highest BCUT2D eigenvalue weighted by atomic mass is 32.1. The molecule has 9 rings (SSSR count). The van der Waals surface area contributed by atoms with Gasteiger partial charge < -0.3 is 13.9 Å². The maximum Gasteiger partial charge on any atom is 0.188 e. The summed E-state index contributed by atoms with van der Waals surface area (Å²) in [5.41, 5.74) is 5.53. The van der Waals surface area contributed by atoms with Gasteiger partial charge in [0.05, 0.1) is 11.6 Å². The molecule has 1 N–H and O–H groups in total. The SMILES string of the molecule is c1coc(-c2nc3nc(-c4ncc[nH]4)n(-c4csnn4)c3c(-c3cc4ccccc4s3)c2-c2cccc3onnc23)c1. The summed E-state index contributed by atoms with van der Waals surface area (Å²) in [6, 6.07) is 20.0. The Labute approximate surface area is 243 Å². The fraction of sp³-hybridized carbons (Fsp3) is 0. The molecule has 0 unspecified atom stereocenters. The minimum atomic E-state index is 0.502. The molecule has 0 aliphatic rings. The van der Waals surface area contributed by atoms with Gasteiger partial charge in [-0.05, 0) is 47.3 Å². The predicted octanol–water partition coefficient (Wildman–Crippen LogP) is 7.01. The second-order valence-corrected chi connectivity index (χ2v) is 11.1. The lowest BCUT2D eigenvalue weighted by atomic mass is 9.94. The maximum atomic E-state index is 5.96. The van der Waals surface area contributed by atoms with Gasteiger partial charge in [0.25, 0.3) is 0 Å². The number of pyridine rings is 1. The first kappa shape index (κ1) is 23.2. The van der Waals surface area contributed by atoms with E-state index in [4.69, 9.17) is 18.9 Å². The number of nitrogens with one attached hydrogen (secondary N) is 1. The van der Waals surface area contributed by atoms with E-state index in [2.05, 4.69) is 48.1 Å². The van der Waals surface area contributed by atoms with Gasteiger partial charge in [-0.2, -0.15) is 0 Å². The molecule has 42 heavy (non-hydrogen) atoms. The van der Waals surface area contributed by atoms with Crippen molar-refractivity contribution < 1.29 is 8.94 Å². The van der Waals surface area contributed by atoms with Crippen LogP contribution in [0.1, 0.15) is 0 Å². The molecule has 7 aromatic heterocycles. The molecular weight excluding hydrogens is 571 g/mol. The molecule has 2 aromatic carbocycles. The topological polar surface area (TPSA) is 137 Å². The molecule has 9 aromatic rings. The van der Waals surface area contributed by atoms with Crippen LogP contribution in [0.4, 0.5) is 0 Å². The first-order chi connectivity index (χ1) is 20.8. The maximum absolute atomic E-state index is 5.96. The van der Waals surface area contributed by atoms with Crippen LogP contribution >= 0.6 is 22.9 Å². The van der Waals surface area contributed by atoms with E-state index in [1.54, 1.807) is 30.0 Å². The van der Waals surface area contributed by atoms with Gasteiger partial charge in [0, 0.05) is 43.9 Å². The fourth-order valence-corrected chi connectivity index (χ4v) is 6.88. The molecular formula is C29H15N9O2S2. The van der Waals surface area contributed by atoms with Crippen LogP contribution in [0.3, 0.4) is 0 Å². The van der Waals surface area contributed by atoms with Crippen LogP contribution in [0, 0.1) is 0 Å². The van der Waals surface area contributed by atoms with Crippen molar-refractivity contribution in [3.63, 3.8) is 0 Å². The smallest absolute Gasteiger partial charge is 0.188 e. The van der Waals surface area contributed by atoms with Gasteiger partial charge in [-0.15, -0.1) is 21.5 Å². The molecule has 0 aliphatic heterocycles. The van der Waals surface area contributed by atoms with Gasteiger partial charge in [0.1, 0.15) is 16.7 Å². The lowest BCUT2D eigenvalue weighted by molar-refractivity contribution is 0.424. The lowest BCUT2D eigenvalue weighted by Gasteiger charge is -2.15. The number of aromatic nitrogens is 9. The molecule has 0 aliphatic carbocycles. The quantitative estimate of drug-likeness (QED) is 0.226. The van der Waals surface area contributed by atoms with Gasteiger partial charge in [-0.1, -0.05) is 34.8 Å². The van der Waals surface area contributed by atoms with Gasteiger partial charge in [0.2, 0.25) is 0 Å². The van der Waals surface area contributed by atoms with Gasteiger partial charge >= 0.3 is 0 Å². The summed E-state index contributed by atoms with van der Waals surface area (Å²) in [5.74, 6) is 2.33. The van der Waals surface area contributed by atoms with Crippen LogP contribution in [0.5, 0.6) is 0 Å². The zero-order valence-corrected chi connectivity index (χ0v) is 22.9. The van der Waals surface area contributed by atoms with Gasteiger partial charge in [0.15, 0.2) is 34.5 Å². The van der Waals surface area contributed by atoms with Crippen molar-refractivity contribution in [3.05, 3.63) is 84.7 Å². The van der Waals surface area contributed by atoms with E-state index < -0.39 is 0 Å². The molecule has 0 saturated carbocycles. The molecule has 0 radical (unpaired) electrons. The first-order valence-electron chi connectivity index (χ1n) is 12.8. The van der Waals surface area contributed by atoms with Crippen LogP contribution < -0.4 is 0 Å². The van der Waals surface area contributed by atoms with E-state index in [0.29, 0.717) is 45.7 Å². The van der Waals surface area contributed by atoms with E-state index in [0.717, 1.165) is 37.2 Å². The Morgan fingerprint density at radius 2 is 1.90 bits per heavy atom. The summed E-state index contributed by atoms with van der Waals surface area (Å²) in [6.45, 7) is 0. The third-order valence-electron chi connectivity index (χ3n) is 7.06. The summed E-state index contributed by atoms with van der Waals surface area (Å²) in [6.07, 6.45) is 5.09. The molecule has 0 atom stereocenters. The summed E-state index contributed by atoms with van der Waals surface area (Å²) in [4.78, 5) is 18.9. The number of H-pyrrole nitrogens is 1. The highest BCUT2D eigenvalue weighted by molar-refractivity contribution is 7.22. The van der Waals surface area contributed by atoms with Crippen molar-refractivity contribution in [2.24, 2.45) is 0 Å². The number of furan rings is 1. The Balaban J connectivity index is 1.53. The number of rotatable bonds is 5. The van der Waals surface area contributed by atoms with Crippen molar-refractivity contribution >= 4 is 55.2 Å². The Kier molecular flexibility index (Phi) is 4.97. The molecule has 0 saturated heterocycles. The lowest BCUT2D eigenvalue weighted by Crippen LogP contribution is -2.02. The number of nitrogens with zero attached hydrogens (tertiary/aromatic N) is 8. The first-order valence-corrected chi connectivity index (χ1v) is 14.5. The Hall–Kier alpha value is -5.53. The monoisotopic (exact) mass is 585 g/mol. The summed E-state index contributed by atoms with van der Waals surface area (Å²) in [7, 11) is 0. The molecule has 0 spiro atoms. The number of imidazole rings is 2. The number of fused-ring (bicyclic) bond motifs is 3. The van der Waals surface area contributed by atoms with Crippen LogP contribution in [-0.2, 0) is 0 Å². The van der Waals surface area contributed by atoms with Gasteiger partial charge in [-0.3, -0.25) is 4.57 Å². The minimum Gasteiger partial charge on any atom is -0.463 e. The summed E-state index contributed by atoms with van der Waals surface area (Å²) >= 11 is 2.94. The predicted molar refractivity (Wildman–Crippen MR) is 159 cm³/mol. The Morgan fingerprint density at radius 1 is 0.929 bits per heavy atom. The molecule has 11 nitrogen and oxygen atoms in total. The Morgan fingerprint density at radius 3 is 2.74 bits per heavy atom. The second kappa shape index (κ2) is 8.99. The zero-order chi connectivity index (χ0) is 27.6. The Bertz CT molecular complexity index is 2330. The van der Waals surface area contributed by atoms with E-state index in [1.807, 2.05) is 52.4 Å². The van der Waals surface area contributed by atoms with Crippen molar-refractivity contribution in [2.45, 2.75) is 0 Å². The summed E-state index contributed by atoms with van der Waals surface area (Å²) in [5, 5.41) is 15.7. The number of benzene rings is 2. The van der Waals surface area contributed by atoms with Crippen molar-refractivity contribution in [2.75, 3.05) is 0 Å². The van der Waals surface area contributed by atoms with Crippen LogP contribution in [0.15, 0.2) is 93.6 Å². The van der Waals surface area contributed by atoms with Crippen LogP contribution in [0.25, 0.3) is 82.8 Å². The largest absolute Gasteiger partial charge is 0.463 e.